The molecule has 2 atom stereocenters. The van der Waals surface area contributed by atoms with Crippen molar-refractivity contribution in [3.63, 3.8) is 0 Å². The van der Waals surface area contributed by atoms with E-state index in [-0.39, 0.29) is 0 Å². The molecule has 0 aliphatic carbocycles. The molecule has 1 aromatic carbocycles. The van der Waals surface area contributed by atoms with Crippen LogP contribution in [0.1, 0.15) is 39.2 Å². The molecule has 1 saturated heterocycles. The SMILES string of the molecule is CCC(CC)N1CC(C)NCC1Cc1ccccc1. The van der Waals surface area contributed by atoms with Gasteiger partial charge in [-0.1, -0.05) is 44.2 Å². The van der Waals surface area contributed by atoms with Crippen molar-refractivity contribution in [3.05, 3.63) is 35.9 Å². The smallest absolute Gasteiger partial charge is 0.0264 e. The van der Waals surface area contributed by atoms with Crippen LogP contribution >= 0.6 is 0 Å². The van der Waals surface area contributed by atoms with Crippen LogP contribution in [0, 0.1) is 0 Å². The second kappa shape index (κ2) is 7.06. The summed E-state index contributed by atoms with van der Waals surface area (Å²) in [7, 11) is 0. The second-order valence-corrected chi connectivity index (χ2v) is 5.82. The van der Waals surface area contributed by atoms with E-state index in [1.807, 2.05) is 0 Å². The lowest BCUT2D eigenvalue weighted by Crippen LogP contribution is -2.59. The first-order chi connectivity index (χ1) is 9.24. The van der Waals surface area contributed by atoms with Crippen molar-refractivity contribution in [3.8, 4) is 0 Å². The lowest BCUT2D eigenvalue weighted by atomic mass is 9.97. The van der Waals surface area contributed by atoms with Gasteiger partial charge in [-0.3, -0.25) is 4.90 Å². The zero-order valence-corrected chi connectivity index (χ0v) is 12.6. The van der Waals surface area contributed by atoms with Gasteiger partial charge in [-0.25, -0.2) is 0 Å². The highest BCUT2D eigenvalue weighted by atomic mass is 15.2. The standard InChI is InChI=1S/C17H28N2/c1-4-16(5-2)19-13-14(3)18-12-17(19)11-15-9-7-6-8-10-15/h6-10,14,16-18H,4-5,11-13H2,1-3H3. The maximum Gasteiger partial charge on any atom is 0.0264 e. The van der Waals surface area contributed by atoms with Crippen molar-refractivity contribution < 1.29 is 0 Å². The number of benzene rings is 1. The number of hydrogen-bond acceptors (Lipinski definition) is 2. The third kappa shape index (κ3) is 3.80. The van der Waals surface area contributed by atoms with E-state index in [0.29, 0.717) is 12.1 Å². The minimum absolute atomic E-state index is 0.618. The Hall–Kier alpha value is -0.860. The van der Waals surface area contributed by atoms with Gasteiger partial charge >= 0.3 is 0 Å². The molecule has 2 heteroatoms. The van der Waals surface area contributed by atoms with Crippen molar-refractivity contribution >= 4 is 0 Å². The molecule has 1 N–H and O–H groups in total. The molecule has 19 heavy (non-hydrogen) atoms. The summed E-state index contributed by atoms with van der Waals surface area (Å²) in [6.07, 6.45) is 3.68. The van der Waals surface area contributed by atoms with Crippen molar-refractivity contribution in [1.82, 2.24) is 10.2 Å². The van der Waals surface area contributed by atoms with E-state index in [4.69, 9.17) is 0 Å². The summed E-state index contributed by atoms with van der Waals surface area (Å²) >= 11 is 0. The molecule has 1 aliphatic heterocycles. The average Bonchev–Trinajstić information content (AvgIpc) is 2.44. The summed E-state index contributed by atoms with van der Waals surface area (Å²) < 4.78 is 0. The molecule has 106 valence electrons. The molecule has 0 saturated carbocycles. The molecule has 0 radical (unpaired) electrons. The topological polar surface area (TPSA) is 15.3 Å². The fourth-order valence-corrected chi connectivity index (χ4v) is 3.26. The quantitative estimate of drug-likeness (QED) is 0.875. The minimum atomic E-state index is 0.618. The lowest BCUT2D eigenvalue weighted by molar-refractivity contribution is 0.0803. The third-order valence-electron chi connectivity index (χ3n) is 4.38. The normalized spacial score (nSPS) is 24.8. The molecule has 0 amide bonds. The molecule has 0 bridgehead atoms. The van der Waals surface area contributed by atoms with Gasteiger partial charge in [-0.05, 0) is 31.7 Å². The highest BCUT2D eigenvalue weighted by Crippen LogP contribution is 2.19. The monoisotopic (exact) mass is 260 g/mol. The van der Waals surface area contributed by atoms with Gasteiger partial charge in [0.1, 0.15) is 0 Å². The van der Waals surface area contributed by atoms with Crippen LogP contribution in [0.2, 0.25) is 0 Å². The Kier molecular flexibility index (Phi) is 5.41. The fourth-order valence-electron chi connectivity index (χ4n) is 3.26. The van der Waals surface area contributed by atoms with Gasteiger partial charge in [0.05, 0.1) is 0 Å². The van der Waals surface area contributed by atoms with E-state index < -0.39 is 0 Å². The van der Waals surface area contributed by atoms with Gasteiger partial charge in [0.15, 0.2) is 0 Å². The van der Waals surface area contributed by atoms with Crippen LogP contribution in [0.3, 0.4) is 0 Å². The van der Waals surface area contributed by atoms with E-state index in [1.54, 1.807) is 0 Å². The first kappa shape index (κ1) is 14.5. The van der Waals surface area contributed by atoms with E-state index in [2.05, 4.69) is 61.3 Å². The molecule has 2 rings (SSSR count). The van der Waals surface area contributed by atoms with Crippen LogP contribution in [0.15, 0.2) is 30.3 Å². The summed E-state index contributed by atoms with van der Waals surface area (Å²) in [4.78, 5) is 2.74. The van der Waals surface area contributed by atoms with Crippen LogP contribution in [-0.2, 0) is 6.42 Å². The van der Waals surface area contributed by atoms with Gasteiger partial charge < -0.3 is 5.32 Å². The largest absolute Gasteiger partial charge is 0.311 e. The van der Waals surface area contributed by atoms with Gasteiger partial charge in [-0.2, -0.15) is 0 Å². The predicted molar refractivity (Wildman–Crippen MR) is 82.5 cm³/mol. The van der Waals surface area contributed by atoms with Gasteiger partial charge in [-0.15, -0.1) is 0 Å². The maximum absolute atomic E-state index is 3.64. The van der Waals surface area contributed by atoms with Crippen molar-refractivity contribution in [2.75, 3.05) is 13.1 Å². The summed E-state index contributed by atoms with van der Waals surface area (Å²) in [5, 5.41) is 3.64. The Labute approximate surface area is 118 Å². The van der Waals surface area contributed by atoms with Crippen molar-refractivity contribution in [1.29, 1.82) is 0 Å². The second-order valence-electron chi connectivity index (χ2n) is 5.82. The first-order valence-electron chi connectivity index (χ1n) is 7.77. The van der Waals surface area contributed by atoms with E-state index in [0.717, 1.165) is 19.0 Å². The molecular formula is C17H28N2. The van der Waals surface area contributed by atoms with Crippen LogP contribution in [0.4, 0.5) is 0 Å². The number of nitrogens with zero attached hydrogens (tertiary/aromatic N) is 1. The molecule has 1 aliphatic rings. The molecular weight excluding hydrogens is 232 g/mol. The predicted octanol–water partition coefficient (Wildman–Crippen LogP) is 3.08. The maximum atomic E-state index is 3.64. The van der Waals surface area contributed by atoms with Crippen LogP contribution in [0.25, 0.3) is 0 Å². The number of piperazine rings is 1. The Bertz CT molecular complexity index is 359. The molecule has 1 fully saturated rings. The number of hydrogen-bond donors (Lipinski definition) is 1. The van der Waals surface area contributed by atoms with E-state index in [1.165, 1.54) is 24.9 Å². The minimum Gasteiger partial charge on any atom is -0.311 e. The molecule has 2 unspecified atom stereocenters. The van der Waals surface area contributed by atoms with Crippen LogP contribution < -0.4 is 5.32 Å². The molecule has 0 spiro atoms. The summed E-state index contributed by atoms with van der Waals surface area (Å²) in [5.74, 6) is 0. The van der Waals surface area contributed by atoms with Gasteiger partial charge in [0.25, 0.3) is 0 Å². The lowest BCUT2D eigenvalue weighted by Gasteiger charge is -2.44. The van der Waals surface area contributed by atoms with E-state index in [9.17, 15) is 0 Å². The Balaban J connectivity index is 2.07. The van der Waals surface area contributed by atoms with E-state index >= 15 is 0 Å². The Morgan fingerprint density at radius 2 is 1.89 bits per heavy atom. The Morgan fingerprint density at radius 1 is 1.21 bits per heavy atom. The van der Waals surface area contributed by atoms with Crippen LogP contribution in [0.5, 0.6) is 0 Å². The zero-order chi connectivity index (χ0) is 13.7. The molecule has 1 heterocycles. The van der Waals surface area contributed by atoms with Crippen molar-refractivity contribution in [2.24, 2.45) is 0 Å². The zero-order valence-electron chi connectivity index (χ0n) is 12.6. The highest BCUT2D eigenvalue weighted by molar-refractivity contribution is 5.16. The molecule has 1 aromatic rings. The van der Waals surface area contributed by atoms with Crippen LogP contribution in [-0.4, -0.2) is 36.1 Å². The Morgan fingerprint density at radius 3 is 2.53 bits per heavy atom. The van der Waals surface area contributed by atoms with Gasteiger partial charge in [0, 0.05) is 31.2 Å². The van der Waals surface area contributed by atoms with Crippen molar-refractivity contribution in [2.45, 2.75) is 58.2 Å². The summed E-state index contributed by atoms with van der Waals surface area (Å²) in [5.41, 5.74) is 1.46. The first-order valence-corrected chi connectivity index (χ1v) is 7.77. The summed E-state index contributed by atoms with van der Waals surface area (Å²) in [6.45, 7) is 9.24. The highest BCUT2D eigenvalue weighted by Gasteiger charge is 2.29. The number of rotatable bonds is 5. The van der Waals surface area contributed by atoms with Gasteiger partial charge in [0.2, 0.25) is 0 Å². The fraction of sp³-hybridized carbons (Fsp3) is 0.647. The molecule has 0 aromatic heterocycles. The number of nitrogens with one attached hydrogen (secondary N) is 1. The third-order valence-corrected chi connectivity index (χ3v) is 4.38. The summed E-state index contributed by atoms with van der Waals surface area (Å²) in [6, 6.07) is 12.9. The molecule has 2 nitrogen and oxygen atoms in total. The average molecular weight is 260 g/mol.